The van der Waals surface area contributed by atoms with Crippen LogP contribution in [0.1, 0.15) is 36.9 Å². The first-order chi connectivity index (χ1) is 12.2. The number of aromatic nitrogens is 2. The van der Waals surface area contributed by atoms with Crippen molar-refractivity contribution >= 4 is 23.2 Å². The van der Waals surface area contributed by atoms with Gasteiger partial charge in [-0.3, -0.25) is 0 Å². The largest absolute Gasteiger partial charge is 0.489 e. The Morgan fingerprint density at radius 3 is 2.68 bits per heavy atom. The van der Waals surface area contributed by atoms with Crippen molar-refractivity contribution in [2.45, 2.75) is 32.4 Å². The van der Waals surface area contributed by atoms with Crippen LogP contribution in [0.3, 0.4) is 0 Å². The van der Waals surface area contributed by atoms with Gasteiger partial charge in [0.15, 0.2) is 0 Å². The first kappa shape index (κ1) is 17.8. The number of nitrogens with zero attached hydrogens (tertiary/aromatic N) is 2. The number of halogens is 2. The topological polar surface area (TPSA) is 27.1 Å². The zero-order chi connectivity index (χ0) is 17.6. The molecule has 0 saturated heterocycles. The quantitative estimate of drug-likeness (QED) is 0.495. The number of hydrogen-bond acceptors (Lipinski definition) is 2. The van der Waals surface area contributed by atoms with E-state index in [2.05, 4.69) is 22.5 Å². The molecule has 1 atom stereocenters. The molecule has 0 radical (unpaired) electrons. The molecule has 2 aromatic carbocycles. The smallest absolute Gasteiger partial charge is 0.125 e. The Kier molecular flexibility index (Phi) is 6.00. The van der Waals surface area contributed by atoms with Crippen LogP contribution in [0.25, 0.3) is 0 Å². The third kappa shape index (κ3) is 4.36. The van der Waals surface area contributed by atoms with Crippen molar-refractivity contribution in [1.82, 2.24) is 9.55 Å². The summed E-state index contributed by atoms with van der Waals surface area (Å²) in [4.78, 5) is 4.19. The maximum atomic E-state index is 6.11. The second-order valence-electron chi connectivity index (χ2n) is 5.89. The molecule has 3 aromatic rings. The second kappa shape index (κ2) is 8.41. The predicted molar refractivity (Wildman–Crippen MR) is 103 cm³/mol. The summed E-state index contributed by atoms with van der Waals surface area (Å²) in [5.41, 5.74) is 2.14. The van der Waals surface area contributed by atoms with Gasteiger partial charge in [0.2, 0.25) is 0 Å². The molecule has 5 heteroatoms. The van der Waals surface area contributed by atoms with Gasteiger partial charge in [-0.15, -0.1) is 0 Å². The van der Waals surface area contributed by atoms with E-state index in [9.17, 15) is 0 Å². The van der Waals surface area contributed by atoms with Crippen LogP contribution in [0.15, 0.2) is 61.2 Å². The van der Waals surface area contributed by atoms with Crippen molar-refractivity contribution in [3.05, 3.63) is 82.4 Å². The second-order valence-corrected chi connectivity index (χ2v) is 6.70. The Morgan fingerprint density at radius 2 is 1.96 bits per heavy atom. The number of hydrogen-bond donors (Lipinski definition) is 0. The lowest BCUT2D eigenvalue weighted by Gasteiger charge is -2.21. The Morgan fingerprint density at radius 1 is 1.12 bits per heavy atom. The molecule has 1 aromatic heterocycles. The summed E-state index contributed by atoms with van der Waals surface area (Å²) in [5, 5.41) is 1.09. The minimum atomic E-state index is 0.206. The fraction of sp³-hybridized carbons (Fsp3) is 0.250. The van der Waals surface area contributed by atoms with Gasteiger partial charge in [0, 0.05) is 18.0 Å². The number of ether oxygens (including phenoxy) is 1. The molecule has 3 rings (SSSR count). The molecule has 1 unspecified atom stereocenters. The average Bonchev–Trinajstić information content (AvgIpc) is 3.15. The molecule has 0 fully saturated rings. The summed E-state index contributed by atoms with van der Waals surface area (Å²) in [7, 11) is 0. The molecule has 0 saturated carbocycles. The van der Waals surface area contributed by atoms with Crippen molar-refractivity contribution in [1.29, 1.82) is 0 Å². The molecule has 0 amide bonds. The number of benzene rings is 2. The number of imidazole rings is 1. The van der Waals surface area contributed by atoms with Crippen molar-refractivity contribution in [2.75, 3.05) is 0 Å². The van der Waals surface area contributed by atoms with Gasteiger partial charge in [0.25, 0.3) is 0 Å². The fourth-order valence-electron chi connectivity index (χ4n) is 2.87. The van der Waals surface area contributed by atoms with Crippen LogP contribution < -0.4 is 4.74 Å². The van der Waals surface area contributed by atoms with E-state index in [1.54, 1.807) is 6.07 Å². The van der Waals surface area contributed by atoms with Crippen LogP contribution in [0, 0.1) is 0 Å². The minimum absolute atomic E-state index is 0.206. The molecule has 3 nitrogen and oxygen atoms in total. The predicted octanol–water partition coefficient (Wildman–Crippen LogP) is 6.16. The van der Waals surface area contributed by atoms with Gasteiger partial charge < -0.3 is 9.30 Å². The highest BCUT2D eigenvalue weighted by molar-refractivity contribution is 6.42. The van der Waals surface area contributed by atoms with Crippen LogP contribution >= 0.6 is 23.2 Å². The zero-order valence-electron chi connectivity index (χ0n) is 14.0. The van der Waals surface area contributed by atoms with Crippen molar-refractivity contribution in [3.8, 4) is 5.75 Å². The lowest BCUT2D eigenvalue weighted by Crippen LogP contribution is -2.10. The molecule has 0 N–H and O–H groups in total. The first-order valence-corrected chi connectivity index (χ1v) is 9.07. The standard InChI is InChI=1S/C20H20Cl2N2O/c1-2-5-19(24-11-10-23-14-24)16-6-3-4-7-20(16)25-13-15-8-9-17(21)18(22)12-15/h3-4,6-12,14,19H,2,5,13H2,1H3. The van der Waals surface area contributed by atoms with E-state index in [0.29, 0.717) is 16.7 Å². The minimum Gasteiger partial charge on any atom is -0.489 e. The van der Waals surface area contributed by atoms with Crippen molar-refractivity contribution in [2.24, 2.45) is 0 Å². The maximum Gasteiger partial charge on any atom is 0.125 e. The van der Waals surface area contributed by atoms with E-state index in [1.165, 1.54) is 0 Å². The van der Waals surface area contributed by atoms with E-state index < -0.39 is 0 Å². The van der Waals surface area contributed by atoms with Crippen LogP contribution in [0.4, 0.5) is 0 Å². The Labute approximate surface area is 158 Å². The highest BCUT2D eigenvalue weighted by atomic mass is 35.5. The molecule has 0 aliphatic carbocycles. The SMILES string of the molecule is CCCC(c1ccccc1OCc1ccc(Cl)c(Cl)c1)n1ccnc1. The Bertz CT molecular complexity index is 818. The Balaban J connectivity index is 1.83. The van der Waals surface area contributed by atoms with Crippen molar-refractivity contribution < 1.29 is 4.74 Å². The third-order valence-electron chi connectivity index (χ3n) is 4.10. The van der Waals surface area contributed by atoms with E-state index in [-0.39, 0.29) is 6.04 Å². The summed E-state index contributed by atoms with van der Waals surface area (Å²) in [6, 6.07) is 13.9. The molecule has 0 bridgehead atoms. The Hall–Kier alpha value is -1.97. The summed E-state index contributed by atoms with van der Waals surface area (Å²) in [5.74, 6) is 0.876. The summed E-state index contributed by atoms with van der Waals surface area (Å²) in [6.45, 7) is 2.62. The lowest BCUT2D eigenvalue weighted by molar-refractivity contribution is 0.298. The number of para-hydroxylation sites is 1. The molecule has 0 aliphatic rings. The monoisotopic (exact) mass is 374 g/mol. The van der Waals surface area contributed by atoms with E-state index >= 15 is 0 Å². The molecule has 0 spiro atoms. The molecular weight excluding hydrogens is 355 g/mol. The van der Waals surface area contributed by atoms with Gasteiger partial charge in [-0.25, -0.2) is 4.98 Å². The van der Waals surface area contributed by atoms with E-state index in [4.69, 9.17) is 27.9 Å². The lowest BCUT2D eigenvalue weighted by atomic mass is 10.0. The summed E-state index contributed by atoms with van der Waals surface area (Å²) < 4.78 is 8.24. The molecular formula is C20H20Cl2N2O. The zero-order valence-corrected chi connectivity index (χ0v) is 15.5. The van der Waals surface area contributed by atoms with Crippen molar-refractivity contribution in [3.63, 3.8) is 0 Å². The van der Waals surface area contributed by atoms with Gasteiger partial charge in [0.05, 0.1) is 22.4 Å². The van der Waals surface area contributed by atoms with Gasteiger partial charge in [-0.05, 0) is 30.2 Å². The third-order valence-corrected chi connectivity index (χ3v) is 4.84. The molecule has 1 heterocycles. The summed E-state index contributed by atoms with van der Waals surface area (Å²) in [6.07, 6.45) is 7.75. The van der Waals surface area contributed by atoms with Gasteiger partial charge in [-0.1, -0.05) is 60.8 Å². The highest BCUT2D eigenvalue weighted by Crippen LogP contribution is 2.32. The first-order valence-electron chi connectivity index (χ1n) is 8.32. The normalized spacial score (nSPS) is 12.1. The van der Waals surface area contributed by atoms with E-state index in [0.717, 1.165) is 29.7 Å². The van der Waals surface area contributed by atoms with Crippen LogP contribution in [-0.4, -0.2) is 9.55 Å². The number of rotatable bonds is 7. The van der Waals surface area contributed by atoms with E-state index in [1.807, 2.05) is 49.1 Å². The van der Waals surface area contributed by atoms with Crippen LogP contribution in [-0.2, 0) is 6.61 Å². The van der Waals surface area contributed by atoms with Crippen LogP contribution in [0.2, 0.25) is 10.0 Å². The fourth-order valence-corrected chi connectivity index (χ4v) is 3.19. The molecule has 25 heavy (non-hydrogen) atoms. The van der Waals surface area contributed by atoms with Gasteiger partial charge in [-0.2, -0.15) is 0 Å². The summed E-state index contributed by atoms with van der Waals surface area (Å²) >= 11 is 12.1. The highest BCUT2D eigenvalue weighted by Gasteiger charge is 2.17. The molecule has 0 aliphatic heterocycles. The van der Waals surface area contributed by atoms with Gasteiger partial charge in [0.1, 0.15) is 12.4 Å². The van der Waals surface area contributed by atoms with Gasteiger partial charge >= 0.3 is 0 Å². The average molecular weight is 375 g/mol. The maximum absolute atomic E-state index is 6.11. The van der Waals surface area contributed by atoms with Crippen LogP contribution in [0.5, 0.6) is 5.75 Å². The molecule has 130 valence electrons.